The van der Waals surface area contributed by atoms with Crippen molar-refractivity contribution < 1.29 is 0 Å². The maximum atomic E-state index is 6.20. The van der Waals surface area contributed by atoms with Gasteiger partial charge in [0.1, 0.15) is 5.52 Å². The van der Waals surface area contributed by atoms with Crippen LogP contribution in [0, 0.1) is 0 Å². The van der Waals surface area contributed by atoms with Crippen LogP contribution in [0.2, 0.25) is 5.02 Å². The number of nitrogens with zero attached hydrogens (tertiary/aromatic N) is 3. The fourth-order valence-electron chi connectivity index (χ4n) is 2.63. The first-order valence-electron chi connectivity index (χ1n) is 6.51. The molecule has 0 spiro atoms. The van der Waals surface area contributed by atoms with Crippen molar-refractivity contribution in [3.8, 4) is 5.69 Å². The average molecular weight is 295 g/mol. The maximum Gasteiger partial charge on any atom is 0.206 e. The molecule has 4 nitrogen and oxygen atoms in total. The third kappa shape index (κ3) is 1.76. The van der Waals surface area contributed by atoms with Crippen molar-refractivity contribution in [2.75, 3.05) is 5.73 Å². The molecule has 21 heavy (non-hydrogen) atoms. The lowest BCUT2D eigenvalue weighted by Crippen LogP contribution is -2.01. The highest BCUT2D eigenvalue weighted by molar-refractivity contribution is 6.35. The summed E-state index contributed by atoms with van der Waals surface area (Å²) in [6, 6.07) is 13.7. The number of rotatable bonds is 1. The van der Waals surface area contributed by atoms with Gasteiger partial charge in [-0.2, -0.15) is 0 Å². The normalized spacial score (nSPS) is 11.3. The van der Waals surface area contributed by atoms with Crippen LogP contribution in [0.5, 0.6) is 0 Å². The van der Waals surface area contributed by atoms with Gasteiger partial charge in [-0.25, -0.2) is 4.98 Å². The Morgan fingerprint density at radius 1 is 1.05 bits per heavy atom. The fraction of sp³-hybridized carbons (Fsp3) is 0. The summed E-state index contributed by atoms with van der Waals surface area (Å²) in [7, 11) is 0. The lowest BCUT2D eigenvalue weighted by molar-refractivity contribution is 1.12. The molecule has 5 heteroatoms. The lowest BCUT2D eigenvalue weighted by Gasteiger charge is -2.10. The third-order valence-electron chi connectivity index (χ3n) is 3.56. The van der Waals surface area contributed by atoms with E-state index in [9.17, 15) is 0 Å². The second kappa shape index (κ2) is 4.46. The van der Waals surface area contributed by atoms with Crippen LogP contribution < -0.4 is 5.73 Å². The summed E-state index contributed by atoms with van der Waals surface area (Å²) in [5.41, 5.74) is 8.66. The van der Waals surface area contributed by atoms with E-state index >= 15 is 0 Å². The third-order valence-corrected chi connectivity index (χ3v) is 3.87. The topological polar surface area (TPSA) is 56.7 Å². The Hall–Kier alpha value is -2.59. The molecule has 0 radical (unpaired) electrons. The largest absolute Gasteiger partial charge is 0.369 e. The first kappa shape index (κ1) is 12.2. The number of fused-ring (bicyclic) bond motifs is 2. The number of nitrogens with two attached hydrogens (primary N) is 1. The van der Waals surface area contributed by atoms with Gasteiger partial charge < -0.3 is 5.73 Å². The minimum Gasteiger partial charge on any atom is -0.369 e. The smallest absolute Gasteiger partial charge is 0.206 e. The molecule has 0 atom stereocenters. The molecule has 0 aliphatic carbocycles. The first-order valence-corrected chi connectivity index (χ1v) is 6.89. The minimum atomic E-state index is 0.412. The minimum absolute atomic E-state index is 0.412. The van der Waals surface area contributed by atoms with Gasteiger partial charge in [0.05, 0.1) is 16.2 Å². The quantitative estimate of drug-likeness (QED) is 0.581. The number of anilines is 1. The SMILES string of the molecule is Nc1nc2c(Cl)cccc2n1-c1cccc2ccncc12. The second-order valence-electron chi connectivity index (χ2n) is 4.79. The number of halogens is 1. The molecular weight excluding hydrogens is 284 g/mol. The lowest BCUT2D eigenvalue weighted by atomic mass is 10.1. The molecule has 2 aromatic heterocycles. The van der Waals surface area contributed by atoms with E-state index in [4.69, 9.17) is 17.3 Å². The molecule has 0 amide bonds. The Balaban J connectivity index is 2.14. The summed E-state index contributed by atoms with van der Waals surface area (Å²) in [4.78, 5) is 8.59. The number of hydrogen-bond acceptors (Lipinski definition) is 3. The van der Waals surface area contributed by atoms with Crippen LogP contribution in [0.4, 0.5) is 5.95 Å². The molecule has 0 unspecified atom stereocenters. The molecular formula is C16H11ClN4. The van der Waals surface area contributed by atoms with Crippen LogP contribution in [0.3, 0.4) is 0 Å². The fourth-order valence-corrected chi connectivity index (χ4v) is 2.84. The van der Waals surface area contributed by atoms with E-state index in [1.165, 1.54) is 0 Å². The Morgan fingerprint density at radius 2 is 1.90 bits per heavy atom. The summed E-state index contributed by atoms with van der Waals surface area (Å²) >= 11 is 6.20. The predicted molar refractivity (Wildman–Crippen MR) is 85.8 cm³/mol. The van der Waals surface area contributed by atoms with Crippen LogP contribution in [0.25, 0.3) is 27.5 Å². The van der Waals surface area contributed by atoms with Crippen LogP contribution >= 0.6 is 11.6 Å². The Kier molecular flexibility index (Phi) is 2.59. The second-order valence-corrected chi connectivity index (χ2v) is 5.19. The first-order chi connectivity index (χ1) is 10.3. The molecule has 0 saturated heterocycles. The summed E-state index contributed by atoms with van der Waals surface area (Å²) in [5, 5.41) is 2.72. The number of benzene rings is 2. The zero-order valence-corrected chi connectivity index (χ0v) is 11.7. The molecule has 0 aliphatic rings. The van der Waals surface area contributed by atoms with Gasteiger partial charge in [-0.3, -0.25) is 9.55 Å². The molecule has 0 fully saturated rings. The van der Waals surface area contributed by atoms with Crippen molar-refractivity contribution in [1.82, 2.24) is 14.5 Å². The number of nitrogen functional groups attached to an aromatic ring is 1. The van der Waals surface area contributed by atoms with Crippen LogP contribution in [-0.4, -0.2) is 14.5 Å². The van der Waals surface area contributed by atoms with Gasteiger partial charge in [-0.05, 0) is 29.7 Å². The van der Waals surface area contributed by atoms with E-state index in [-0.39, 0.29) is 0 Å². The zero-order chi connectivity index (χ0) is 14.4. The number of pyridine rings is 1. The van der Waals surface area contributed by atoms with Gasteiger partial charge in [0.25, 0.3) is 0 Å². The van der Waals surface area contributed by atoms with E-state index < -0.39 is 0 Å². The molecule has 2 heterocycles. The number of para-hydroxylation sites is 1. The molecule has 2 N–H and O–H groups in total. The van der Waals surface area contributed by atoms with Crippen LogP contribution in [0.15, 0.2) is 54.9 Å². The van der Waals surface area contributed by atoms with Gasteiger partial charge in [0.2, 0.25) is 5.95 Å². The van der Waals surface area contributed by atoms with E-state index in [1.807, 2.05) is 53.2 Å². The van der Waals surface area contributed by atoms with Gasteiger partial charge in [-0.1, -0.05) is 29.8 Å². The summed E-state index contributed by atoms with van der Waals surface area (Å²) in [6.45, 7) is 0. The van der Waals surface area contributed by atoms with Gasteiger partial charge in [0, 0.05) is 17.8 Å². The number of imidazole rings is 1. The van der Waals surface area contributed by atoms with E-state index in [0.29, 0.717) is 16.5 Å². The Morgan fingerprint density at radius 3 is 2.81 bits per heavy atom. The standard InChI is InChI=1S/C16H11ClN4/c17-12-4-2-6-14-15(12)20-16(18)21(14)13-5-1-3-10-7-8-19-9-11(10)13/h1-9H,(H2,18,20). The van der Waals surface area contributed by atoms with Gasteiger partial charge in [-0.15, -0.1) is 0 Å². The van der Waals surface area contributed by atoms with Crippen molar-refractivity contribution in [1.29, 1.82) is 0 Å². The van der Waals surface area contributed by atoms with Crippen molar-refractivity contribution in [2.45, 2.75) is 0 Å². The van der Waals surface area contributed by atoms with Gasteiger partial charge >= 0.3 is 0 Å². The van der Waals surface area contributed by atoms with Crippen molar-refractivity contribution >= 4 is 39.4 Å². The zero-order valence-electron chi connectivity index (χ0n) is 11.0. The molecule has 0 saturated carbocycles. The monoisotopic (exact) mass is 294 g/mol. The summed E-state index contributed by atoms with van der Waals surface area (Å²) in [6.07, 6.45) is 3.61. The predicted octanol–water partition coefficient (Wildman–Crippen LogP) is 3.81. The molecule has 4 aromatic rings. The molecule has 0 aliphatic heterocycles. The van der Waals surface area contributed by atoms with E-state index in [0.717, 1.165) is 22.0 Å². The van der Waals surface area contributed by atoms with E-state index in [1.54, 1.807) is 6.20 Å². The van der Waals surface area contributed by atoms with Crippen LogP contribution in [0.1, 0.15) is 0 Å². The van der Waals surface area contributed by atoms with Crippen molar-refractivity contribution in [2.24, 2.45) is 0 Å². The molecule has 4 rings (SSSR count). The summed E-state index contributed by atoms with van der Waals surface area (Å²) < 4.78 is 1.91. The Labute approximate surface area is 125 Å². The highest BCUT2D eigenvalue weighted by Gasteiger charge is 2.14. The number of hydrogen-bond donors (Lipinski definition) is 1. The maximum absolute atomic E-state index is 6.20. The Bertz CT molecular complexity index is 969. The highest BCUT2D eigenvalue weighted by Crippen LogP contribution is 2.30. The van der Waals surface area contributed by atoms with Gasteiger partial charge in [0.15, 0.2) is 0 Å². The molecule has 0 bridgehead atoms. The summed E-state index contributed by atoms with van der Waals surface area (Å²) in [5.74, 6) is 0.412. The average Bonchev–Trinajstić information content (AvgIpc) is 2.84. The number of aromatic nitrogens is 3. The van der Waals surface area contributed by atoms with E-state index in [2.05, 4.69) is 9.97 Å². The van der Waals surface area contributed by atoms with Crippen molar-refractivity contribution in [3.63, 3.8) is 0 Å². The molecule has 102 valence electrons. The highest BCUT2D eigenvalue weighted by atomic mass is 35.5. The molecule has 2 aromatic carbocycles. The van der Waals surface area contributed by atoms with Crippen molar-refractivity contribution in [3.05, 3.63) is 59.9 Å². The van der Waals surface area contributed by atoms with Crippen LogP contribution in [-0.2, 0) is 0 Å².